The van der Waals surface area contributed by atoms with Gasteiger partial charge in [0, 0.05) is 12.5 Å². The highest BCUT2D eigenvalue weighted by atomic mass is 16.3. The molecule has 0 spiro atoms. The van der Waals surface area contributed by atoms with Crippen LogP contribution in [0.4, 0.5) is 0 Å². The number of amides is 1. The van der Waals surface area contributed by atoms with Crippen LogP contribution >= 0.6 is 0 Å². The Morgan fingerprint density at radius 1 is 0.968 bits per heavy atom. The summed E-state index contributed by atoms with van der Waals surface area (Å²) in [5, 5.41) is 24.8. The van der Waals surface area contributed by atoms with Crippen LogP contribution in [0.15, 0.2) is 0 Å². The molecule has 0 aromatic rings. The third kappa shape index (κ3) is 3.78. The molecular formula is C27H45NO3. The van der Waals surface area contributed by atoms with E-state index in [1.54, 1.807) is 0 Å². The van der Waals surface area contributed by atoms with Crippen molar-refractivity contribution in [3.63, 3.8) is 0 Å². The number of hydrogen-bond donors (Lipinski definition) is 3. The lowest BCUT2D eigenvalue weighted by atomic mass is 9.43. The Bertz CT molecular complexity index is 692. The van der Waals surface area contributed by atoms with Crippen molar-refractivity contribution in [3.05, 3.63) is 0 Å². The molecule has 31 heavy (non-hydrogen) atoms. The first-order valence-electron chi connectivity index (χ1n) is 13.4. The van der Waals surface area contributed by atoms with E-state index in [-0.39, 0.29) is 18.1 Å². The molecule has 5 fully saturated rings. The summed E-state index contributed by atoms with van der Waals surface area (Å²) in [6.07, 6.45) is 12.5. The van der Waals surface area contributed by atoms with Gasteiger partial charge in [0.2, 0.25) is 5.91 Å². The van der Waals surface area contributed by atoms with E-state index in [0.717, 1.165) is 44.9 Å². The zero-order valence-corrected chi connectivity index (χ0v) is 20.0. The van der Waals surface area contributed by atoms with Crippen molar-refractivity contribution in [2.75, 3.05) is 0 Å². The van der Waals surface area contributed by atoms with E-state index in [0.29, 0.717) is 58.8 Å². The minimum atomic E-state index is -0.198. The molecule has 5 aliphatic rings. The molecule has 0 aromatic heterocycles. The molecule has 0 saturated heterocycles. The Kier molecular flexibility index (Phi) is 5.73. The number of aliphatic hydroxyl groups is 2. The summed E-state index contributed by atoms with van der Waals surface area (Å²) in [5.74, 6) is 3.66. The van der Waals surface area contributed by atoms with Crippen molar-refractivity contribution < 1.29 is 15.0 Å². The highest BCUT2D eigenvalue weighted by Gasteiger charge is 2.62. The monoisotopic (exact) mass is 431 g/mol. The lowest BCUT2D eigenvalue weighted by Gasteiger charge is -2.62. The molecule has 10 atom stereocenters. The number of hydrogen-bond acceptors (Lipinski definition) is 3. The SMILES string of the molecule is C[C@@H](CCC(=O)NC1CC1)[C@@H]1CC[C@@H]2[C@H]3[C@H](O)C[C@H]4C[C@@H](O)CC[C@@]4(C)[C@@H]3CC[C@]21C. The third-order valence-corrected chi connectivity index (χ3v) is 11.2. The van der Waals surface area contributed by atoms with Crippen LogP contribution < -0.4 is 5.32 Å². The Morgan fingerprint density at radius 3 is 2.42 bits per heavy atom. The summed E-state index contributed by atoms with van der Waals surface area (Å²) in [5.41, 5.74) is 0.612. The van der Waals surface area contributed by atoms with Crippen LogP contribution in [-0.2, 0) is 4.79 Å². The Hall–Kier alpha value is -0.610. The molecule has 4 nitrogen and oxygen atoms in total. The van der Waals surface area contributed by atoms with Crippen LogP contribution in [0, 0.1) is 46.3 Å². The molecule has 1 amide bonds. The van der Waals surface area contributed by atoms with Crippen LogP contribution in [0.5, 0.6) is 0 Å². The van der Waals surface area contributed by atoms with Gasteiger partial charge in [-0.25, -0.2) is 0 Å². The van der Waals surface area contributed by atoms with Crippen molar-refractivity contribution in [1.29, 1.82) is 0 Å². The topological polar surface area (TPSA) is 69.6 Å². The normalized spacial score (nSPS) is 50.2. The predicted octanol–water partition coefficient (Wildman–Crippen LogP) is 4.67. The average Bonchev–Trinajstić information content (AvgIpc) is 3.46. The molecule has 0 unspecified atom stereocenters. The third-order valence-electron chi connectivity index (χ3n) is 11.2. The van der Waals surface area contributed by atoms with E-state index < -0.39 is 0 Å². The van der Waals surface area contributed by atoms with E-state index in [1.165, 1.54) is 25.7 Å². The maximum Gasteiger partial charge on any atom is 0.220 e. The molecule has 0 heterocycles. The molecule has 0 radical (unpaired) electrons. The van der Waals surface area contributed by atoms with Gasteiger partial charge in [0.05, 0.1) is 12.2 Å². The Morgan fingerprint density at radius 2 is 1.68 bits per heavy atom. The molecule has 4 heteroatoms. The van der Waals surface area contributed by atoms with Crippen LogP contribution in [-0.4, -0.2) is 34.4 Å². The summed E-state index contributed by atoms with van der Waals surface area (Å²) in [6, 6.07) is 0.463. The summed E-state index contributed by atoms with van der Waals surface area (Å²) < 4.78 is 0. The standard InChI is InChI=1S/C27H45NO3/c1-16(4-9-24(31)28-18-5-6-18)20-7-8-21-25-22(11-13-27(20,21)3)26(2)12-10-19(29)14-17(26)15-23(25)30/h16-23,25,29-30H,4-15H2,1-3H3,(H,28,31)/t16-,17+,19-,20-,21+,22+,23+,25+,26+,27-/m0/s1. The van der Waals surface area contributed by atoms with Crippen molar-refractivity contribution in [2.24, 2.45) is 46.3 Å². The van der Waals surface area contributed by atoms with Gasteiger partial charge in [-0.1, -0.05) is 20.8 Å². The summed E-state index contributed by atoms with van der Waals surface area (Å²) in [6.45, 7) is 7.40. The molecule has 176 valence electrons. The van der Waals surface area contributed by atoms with Gasteiger partial charge in [0.1, 0.15) is 0 Å². The second kappa shape index (κ2) is 8.01. The van der Waals surface area contributed by atoms with Crippen molar-refractivity contribution >= 4 is 5.91 Å². The molecule has 0 aromatic carbocycles. The molecular weight excluding hydrogens is 386 g/mol. The maximum absolute atomic E-state index is 12.2. The molecule has 0 aliphatic heterocycles. The van der Waals surface area contributed by atoms with Crippen LogP contribution in [0.3, 0.4) is 0 Å². The number of carbonyl (C=O) groups is 1. The van der Waals surface area contributed by atoms with E-state index >= 15 is 0 Å². The first-order valence-corrected chi connectivity index (χ1v) is 13.4. The van der Waals surface area contributed by atoms with Gasteiger partial charge < -0.3 is 15.5 Å². The Balaban J connectivity index is 1.28. The van der Waals surface area contributed by atoms with Gasteiger partial charge >= 0.3 is 0 Å². The highest BCUT2D eigenvalue weighted by Crippen LogP contribution is 2.68. The number of nitrogens with one attached hydrogen (secondary N) is 1. The molecule has 3 N–H and O–H groups in total. The van der Waals surface area contributed by atoms with E-state index in [1.807, 2.05) is 0 Å². The van der Waals surface area contributed by atoms with Crippen molar-refractivity contribution in [2.45, 2.75) is 116 Å². The minimum absolute atomic E-state index is 0.162. The quantitative estimate of drug-likeness (QED) is 0.592. The smallest absolute Gasteiger partial charge is 0.220 e. The first-order chi connectivity index (χ1) is 14.7. The average molecular weight is 432 g/mol. The fourth-order valence-electron chi connectivity index (χ4n) is 9.26. The van der Waals surface area contributed by atoms with Crippen molar-refractivity contribution in [1.82, 2.24) is 5.32 Å². The second-order valence-electron chi connectivity index (χ2n) is 12.8. The second-order valence-corrected chi connectivity index (χ2v) is 12.8. The van der Waals surface area contributed by atoms with Gasteiger partial charge in [-0.3, -0.25) is 4.79 Å². The largest absolute Gasteiger partial charge is 0.393 e. The van der Waals surface area contributed by atoms with Crippen LogP contribution in [0.2, 0.25) is 0 Å². The molecule has 5 aliphatic carbocycles. The Labute approximate surface area is 188 Å². The van der Waals surface area contributed by atoms with Crippen LogP contribution in [0.1, 0.15) is 97.8 Å². The van der Waals surface area contributed by atoms with Gasteiger partial charge in [-0.2, -0.15) is 0 Å². The predicted molar refractivity (Wildman–Crippen MR) is 122 cm³/mol. The highest BCUT2D eigenvalue weighted by molar-refractivity contribution is 5.76. The maximum atomic E-state index is 12.2. The first kappa shape index (κ1) is 22.2. The fourth-order valence-corrected chi connectivity index (χ4v) is 9.26. The van der Waals surface area contributed by atoms with Gasteiger partial charge in [0.15, 0.2) is 0 Å². The molecule has 0 bridgehead atoms. The van der Waals surface area contributed by atoms with Gasteiger partial charge in [-0.15, -0.1) is 0 Å². The number of carbonyl (C=O) groups excluding carboxylic acids is 1. The zero-order valence-electron chi connectivity index (χ0n) is 20.0. The minimum Gasteiger partial charge on any atom is -0.393 e. The number of fused-ring (bicyclic) bond motifs is 5. The molecule has 5 rings (SSSR count). The van der Waals surface area contributed by atoms with Crippen molar-refractivity contribution in [3.8, 4) is 0 Å². The molecule has 5 saturated carbocycles. The van der Waals surface area contributed by atoms with Crippen LogP contribution in [0.25, 0.3) is 0 Å². The zero-order chi connectivity index (χ0) is 22.0. The van der Waals surface area contributed by atoms with Gasteiger partial charge in [-0.05, 0) is 117 Å². The summed E-state index contributed by atoms with van der Waals surface area (Å²) in [7, 11) is 0. The van der Waals surface area contributed by atoms with Gasteiger partial charge in [0.25, 0.3) is 0 Å². The summed E-state index contributed by atoms with van der Waals surface area (Å²) >= 11 is 0. The van der Waals surface area contributed by atoms with E-state index in [2.05, 4.69) is 26.1 Å². The van der Waals surface area contributed by atoms with E-state index in [4.69, 9.17) is 0 Å². The number of aliphatic hydroxyl groups excluding tert-OH is 2. The summed E-state index contributed by atoms with van der Waals surface area (Å²) in [4.78, 5) is 12.2. The lowest BCUT2D eigenvalue weighted by molar-refractivity contribution is -0.174. The number of rotatable bonds is 5. The lowest BCUT2D eigenvalue weighted by Crippen LogP contribution is -2.58. The van der Waals surface area contributed by atoms with E-state index in [9.17, 15) is 15.0 Å². The fraction of sp³-hybridized carbons (Fsp3) is 0.963.